The molecule has 0 aliphatic heterocycles. The zero-order chi connectivity index (χ0) is 13.7. The summed E-state index contributed by atoms with van der Waals surface area (Å²) in [6.45, 7) is 0. The second-order valence-corrected chi connectivity index (χ2v) is 3.96. The van der Waals surface area contributed by atoms with Gasteiger partial charge >= 0.3 is 0 Å². The molecule has 0 radical (unpaired) electrons. The fourth-order valence-electron chi connectivity index (χ4n) is 1.62. The van der Waals surface area contributed by atoms with E-state index < -0.39 is 6.10 Å². The lowest BCUT2D eigenvalue weighted by molar-refractivity contribution is 0.233. The molecule has 0 saturated carbocycles. The Balaban J connectivity index is 2.17. The molecule has 3 nitrogen and oxygen atoms in total. The number of phenolic OH excluding ortho intramolecular Hbond substituents is 1. The molecule has 0 aliphatic carbocycles. The molecule has 0 fully saturated rings. The SMILES string of the molecule is COc1ccc(C#CC(O)c2ccccc2O)cc1. The Hall–Kier alpha value is -2.44. The maximum Gasteiger partial charge on any atom is 0.144 e. The molecule has 2 rings (SSSR count). The molecular weight excluding hydrogens is 240 g/mol. The van der Waals surface area contributed by atoms with Crippen LogP contribution in [0.1, 0.15) is 17.2 Å². The van der Waals surface area contributed by atoms with Crippen LogP contribution in [0.2, 0.25) is 0 Å². The van der Waals surface area contributed by atoms with Crippen molar-refractivity contribution >= 4 is 0 Å². The highest BCUT2D eigenvalue weighted by Gasteiger charge is 2.07. The molecule has 0 amide bonds. The third kappa shape index (κ3) is 3.27. The zero-order valence-electron chi connectivity index (χ0n) is 10.5. The van der Waals surface area contributed by atoms with E-state index in [1.807, 2.05) is 12.1 Å². The van der Waals surface area contributed by atoms with Crippen molar-refractivity contribution < 1.29 is 14.9 Å². The van der Waals surface area contributed by atoms with Gasteiger partial charge in [0, 0.05) is 11.1 Å². The van der Waals surface area contributed by atoms with Gasteiger partial charge in [0.15, 0.2) is 0 Å². The molecule has 2 aromatic carbocycles. The van der Waals surface area contributed by atoms with Crippen molar-refractivity contribution in [2.24, 2.45) is 0 Å². The number of benzene rings is 2. The molecule has 2 aromatic rings. The summed E-state index contributed by atoms with van der Waals surface area (Å²) < 4.78 is 5.05. The lowest BCUT2D eigenvalue weighted by Crippen LogP contribution is -1.94. The van der Waals surface area contributed by atoms with Crippen molar-refractivity contribution in [2.45, 2.75) is 6.10 Å². The summed E-state index contributed by atoms with van der Waals surface area (Å²) in [6.07, 6.45) is -1.01. The highest BCUT2D eigenvalue weighted by Crippen LogP contribution is 2.22. The first-order valence-electron chi connectivity index (χ1n) is 5.82. The third-order valence-electron chi connectivity index (χ3n) is 2.67. The van der Waals surface area contributed by atoms with E-state index in [0.717, 1.165) is 11.3 Å². The Morgan fingerprint density at radius 2 is 1.74 bits per heavy atom. The molecule has 0 heterocycles. The summed E-state index contributed by atoms with van der Waals surface area (Å²) in [4.78, 5) is 0. The van der Waals surface area contributed by atoms with E-state index in [1.165, 1.54) is 6.07 Å². The minimum atomic E-state index is -1.01. The topological polar surface area (TPSA) is 49.7 Å². The van der Waals surface area contributed by atoms with Gasteiger partial charge in [0.05, 0.1) is 7.11 Å². The maximum absolute atomic E-state index is 9.91. The summed E-state index contributed by atoms with van der Waals surface area (Å²) in [5.74, 6) is 6.35. The Morgan fingerprint density at radius 1 is 1.05 bits per heavy atom. The van der Waals surface area contributed by atoms with Gasteiger partial charge in [0.2, 0.25) is 0 Å². The van der Waals surface area contributed by atoms with E-state index in [1.54, 1.807) is 37.4 Å². The molecule has 0 bridgehead atoms. The molecule has 0 aliphatic rings. The number of hydrogen-bond acceptors (Lipinski definition) is 3. The standard InChI is InChI=1S/C16H14O3/c1-19-13-9-6-12(7-10-13)8-11-16(18)14-4-2-3-5-15(14)17/h2-7,9-10,16-18H,1H3. The number of aromatic hydroxyl groups is 1. The van der Waals surface area contributed by atoms with Crippen LogP contribution in [0.4, 0.5) is 0 Å². The van der Waals surface area contributed by atoms with Gasteiger partial charge in [-0.3, -0.25) is 0 Å². The number of aliphatic hydroxyl groups excluding tert-OH is 1. The molecule has 19 heavy (non-hydrogen) atoms. The number of ether oxygens (including phenoxy) is 1. The molecule has 0 aromatic heterocycles. The first kappa shape index (κ1) is 13.0. The lowest BCUT2D eigenvalue weighted by Gasteiger charge is -2.05. The predicted octanol–water partition coefficient (Wildman–Crippen LogP) is 2.49. The van der Waals surface area contributed by atoms with E-state index in [2.05, 4.69) is 11.8 Å². The monoisotopic (exact) mass is 254 g/mol. The van der Waals surface area contributed by atoms with Crippen molar-refractivity contribution in [3.05, 3.63) is 59.7 Å². The average molecular weight is 254 g/mol. The number of aliphatic hydroxyl groups is 1. The number of rotatable bonds is 2. The Labute approximate surface area is 112 Å². The van der Waals surface area contributed by atoms with Crippen molar-refractivity contribution in [3.8, 4) is 23.3 Å². The maximum atomic E-state index is 9.91. The normalized spacial score (nSPS) is 11.3. The lowest BCUT2D eigenvalue weighted by atomic mass is 10.1. The molecule has 0 saturated heterocycles. The second kappa shape index (κ2) is 5.94. The molecule has 2 N–H and O–H groups in total. The van der Waals surface area contributed by atoms with Gasteiger partial charge < -0.3 is 14.9 Å². The van der Waals surface area contributed by atoms with Crippen LogP contribution in [-0.4, -0.2) is 17.3 Å². The Bertz CT molecular complexity index is 606. The van der Waals surface area contributed by atoms with E-state index in [-0.39, 0.29) is 5.75 Å². The van der Waals surface area contributed by atoms with Crippen LogP contribution in [0.3, 0.4) is 0 Å². The molecule has 0 spiro atoms. The fraction of sp³-hybridized carbons (Fsp3) is 0.125. The molecule has 1 atom stereocenters. The number of hydrogen-bond donors (Lipinski definition) is 2. The van der Waals surface area contributed by atoms with Crippen molar-refractivity contribution in [1.82, 2.24) is 0 Å². The number of phenols is 1. The minimum Gasteiger partial charge on any atom is -0.508 e. The van der Waals surface area contributed by atoms with Crippen LogP contribution in [-0.2, 0) is 0 Å². The molecule has 96 valence electrons. The van der Waals surface area contributed by atoms with Gasteiger partial charge in [-0.15, -0.1) is 0 Å². The Morgan fingerprint density at radius 3 is 2.37 bits per heavy atom. The summed E-state index contributed by atoms with van der Waals surface area (Å²) >= 11 is 0. The predicted molar refractivity (Wildman–Crippen MR) is 72.9 cm³/mol. The molecule has 3 heteroatoms. The van der Waals surface area contributed by atoms with Crippen LogP contribution in [0.15, 0.2) is 48.5 Å². The molecule has 1 unspecified atom stereocenters. The average Bonchev–Trinajstić information content (AvgIpc) is 2.46. The highest BCUT2D eigenvalue weighted by molar-refractivity contribution is 5.42. The van der Waals surface area contributed by atoms with Crippen LogP contribution in [0.25, 0.3) is 0 Å². The van der Waals surface area contributed by atoms with E-state index >= 15 is 0 Å². The summed E-state index contributed by atoms with van der Waals surface area (Å²) in [7, 11) is 1.60. The Kier molecular flexibility index (Phi) is 4.07. The summed E-state index contributed by atoms with van der Waals surface area (Å²) in [6, 6.07) is 13.8. The minimum absolute atomic E-state index is 0.0408. The van der Waals surface area contributed by atoms with Gasteiger partial charge in [-0.1, -0.05) is 30.0 Å². The number of methoxy groups -OCH3 is 1. The van der Waals surface area contributed by atoms with E-state index in [9.17, 15) is 10.2 Å². The first-order chi connectivity index (χ1) is 9.20. The van der Waals surface area contributed by atoms with Gasteiger partial charge in [0.25, 0.3) is 0 Å². The van der Waals surface area contributed by atoms with Crippen molar-refractivity contribution in [2.75, 3.05) is 7.11 Å². The zero-order valence-corrected chi connectivity index (χ0v) is 10.5. The van der Waals surface area contributed by atoms with Crippen molar-refractivity contribution in [3.63, 3.8) is 0 Å². The third-order valence-corrected chi connectivity index (χ3v) is 2.67. The number of para-hydroxylation sites is 1. The quantitative estimate of drug-likeness (QED) is 0.809. The van der Waals surface area contributed by atoms with Gasteiger partial charge in [0.1, 0.15) is 17.6 Å². The summed E-state index contributed by atoms with van der Waals surface area (Å²) in [5.41, 5.74) is 1.18. The largest absolute Gasteiger partial charge is 0.508 e. The van der Waals surface area contributed by atoms with Crippen LogP contribution in [0.5, 0.6) is 11.5 Å². The van der Waals surface area contributed by atoms with Crippen molar-refractivity contribution in [1.29, 1.82) is 0 Å². The van der Waals surface area contributed by atoms with Gasteiger partial charge in [-0.05, 0) is 30.3 Å². The van der Waals surface area contributed by atoms with Crippen LogP contribution >= 0.6 is 0 Å². The first-order valence-corrected chi connectivity index (χ1v) is 5.82. The van der Waals surface area contributed by atoms with E-state index in [4.69, 9.17) is 4.74 Å². The molecular formula is C16H14O3. The van der Waals surface area contributed by atoms with Crippen LogP contribution in [0, 0.1) is 11.8 Å². The van der Waals surface area contributed by atoms with E-state index in [0.29, 0.717) is 5.56 Å². The smallest absolute Gasteiger partial charge is 0.144 e. The van der Waals surface area contributed by atoms with Gasteiger partial charge in [-0.2, -0.15) is 0 Å². The fourth-order valence-corrected chi connectivity index (χ4v) is 1.62. The van der Waals surface area contributed by atoms with Gasteiger partial charge in [-0.25, -0.2) is 0 Å². The second-order valence-electron chi connectivity index (χ2n) is 3.96. The summed E-state index contributed by atoms with van der Waals surface area (Å²) in [5, 5.41) is 19.5. The highest BCUT2D eigenvalue weighted by atomic mass is 16.5. The van der Waals surface area contributed by atoms with Crippen LogP contribution < -0.4 is 4.74 Å².